The van der Waals surface area contributed by atoms with Gasteiger partial charge in [-0.1, -0.05) is 30.3 Å². The smallest absolute Gasteiger partial charge is 0.264 e. The molecule has 39 heavy (non-hydrogen) atoms. The monoisotopic (exact) mass is 552 g/mol. The SMILES string of the molecule is CC1(C)N=C(N)N=C(N)N1c1ccc(OCc2cccc(C(=O)Nc3ccccc3)c2)cc1.CCS(=O)(=O)O. The van der Waals surface area contributed by atoms with Crippen molar-refractivity contribution < 1.29 is 22.5 Å². The van der Waals surface area contributed by atoms with Crippen molar-refractivity contribution in [1.82, 2.24) is 0 Å². The molecule has 0 fully saturated rings. The summed E-state index contributed by atoms with van der Waals surface area (Å²) in [5.74, 6) is 0.762. The molecule has 0 radical (unpaired) electrons. The van der Waals surface area contributed by atoms with Gasteiger partial charge in [0.15, 0.2) is 0 Å². The van der Waals surface area contributed by atoms with Gasteiger partial charge in [-0.05, 0) is 74.9 Å². The van der Waals surface area contributed by atoms with Crippen LogP contribution in [-0.2, 0) is 16.7 Å². The first kappa shape index (κ1) is 29.1. The number of para-hydroxylation sites is 1. The molecule has 0 bridgehead atoms. The molecule has 0 saturated heterocycles. The summed E-state index contributed by atoms with van der Waals surface area (Å²) < 4.78 is 32.8. The van der Waals surface area contributed by atoms with Gasteiger partial charge in [0.05, 0.1) is 5.75 Å². The quantitative estimate of drug-likeness (QED) is 0.322. The Balaban J connectivity index is 0.000000631. The van der Waals surface area contributed by atoms with Crippen molar-refractivity contribution in [3.05, 3.63) is 90.0 Å². The molecule has 3 aromatic carbocycles. The number of aliphatic imine (C=N–C) groups is 2. The van der Waals surface area contributed by atoms with Crippen LogP contribution in [0.4, 0.5) is 11.4 Å². The highest BCUT2D eigenvalue weighted by molar-refractivity contribution is 7.85. The van der Waals surface area contributed by atoms with Gasteiger partial charge < -0.3 is 21.5 Å². The van der Waals surface area contributed by atoms with Crippen molar-refractivity contribution in [2.24, 2.45) is 21.5 Å². The Kier molecular flexibility index (Phi) is 9.28. The summed E-state index contributed by atoms with van der Waals surface area (Å²) in [5, 5.41) is 2.89. The summed E-state index contributed by atoms with van der Waals surface area (Å²) in [6.07, 6.45) is 0. The Morgan fingerprint density at radius 2 is 1.67 bits per heavy atom. The second-order valence-electron chi connectivity index (χ2n) is 8.94. The van der Waals surface area contributed by atoms with E-state index in [2.05, 4.69) is 15.3 Å². The lowest BCUT2D eigenvalue weighted by molar-refractivity contribution is 0.102. The van der Waals surface area contributed by atoms with Crippen molar-refractivity contribution >= 4 is 39.3 Å². The zero-order valence-electron chi connectivity index (χ0n) is 21.9. The maximum absolute atomic E-state index is 12.5. The highest BCUT2D eigenvalue weighted by Gasteiger charge is 2.32. The lowest BCUT2D eigenvalue weighted by Crippen LogP contribution is -2.54. The first-order chi connectivity index (χ1) is 18.4. The van der Waals surface area contributed by atoms with Crippen molar-refractivity contribution in [1.29, 1.82) is 0 Å². The van der Waals surface area contributed by atoms with Gasteiger partial charge in [0.25, 0.3) is 16.0 Å². The van der Waals surface area contributed by atoms with E-state index < -0.39 is 15.8 Å². The van der Waals surface area contributed by atoms with E-state index in [1.165, 1.54) is 6.92 Å². The van der Waals surface area contributed by atoms with Gasteiger partial charge in [-0.25, -0.2) is 4.99 Å². The van der Waals surface area contributed by atoms with E-state index in [1.54, 1.807) is 6.07 Å². The van der Waals surface area contributed by atoms with Crippen LogP contribution in [0.15, 0.2) is 88.8 Å². The molecule has 0 saturated carbocycles. The number of carbonyl (C=O) groups excluding carboxylic acids is 1. The highest BCUT2D eigenvalue weighted by atomic mass is 32.2. The van der Waals surface area contributed by atoms with Crippen molar-refractivity contribution in [2.45, 2.75) is 33.0 Å². The fourth-order valence-electron chi connectivity index (χ4n) is 3.64. The number of hydrogen-bond acceptors (Lipinski definition) is 9. The fourth-order valence-corrected chi connectivity index (χ4v) is 3.64. The van der Waals surface area contributed by atoms with Gasteiger partial charge in [0, 0.05) is 16.9 Å². The number of benzene rings is 3. The molecule has 4 rings (SSSR count). The minimum Gasteiger partial charge on any atom is -0.489 e. The number of nitrogens with two attached hydrogens (primary N) is 2. The number of hydrogen-bond donors (Lipinski definition) is 4. The Morgan fingerprint density at radius 1 is 1.03 bits per heavy atom. The molecule has 12 heteroatoms. The molecule has 3 aromatic rings. The zero-order valence-corrected chi connectivity index (χ0v) is 22.7. The van der Waals surface area contributed by atoms with Gasteiger partial charge in [0.2, 0.25) is 11.9 Å². The highest BCUT2D eigenvalue weighted by Crippen LogP contribution is 2.29. The van der Waals surface area contributed by atoms with Gasteiger partial charge in [-0.15, -0.1) is 0 Å². The van der Waals surface area contributed by atoms with Crippen molar-refractivity contribution in [3.63, 3.8) is 0 Å². The molecule has 1 heterocycles. The van der Waals surface area contributed by atoms with E-state index >= 15 is 0 Å². The normalized spacial score (nSPS) is 14.3. The summed E-state index contributed by atoms with van der Waals surface area (Å²) in [6.45, 7) is 5.51. The molecule has 0 unspecified atom stereocenters. The van der Waals surface area contributed by atoms with E-state index in [9.17, 15) is 13.2 Å². The predicted molar refractivity (Wildman–Crippen MR) is 154 cm³/mol. The average Bonchev–Trinajstić information content (AvgIpc) is 2.88. The van der Waals surface area contributed by atoms with Crippen LogP contribution in [0, 0.1) is 0 Å². The van der Waals surface area contributed by atoms with Crippen molar-refractivity contribution in [3.8, 4) is 5.75 Å². The van der Waals surface area contributed by atoms with E-state index in [1.807, 2.05) is 91.5 Å². The van der Waals surface area contributed by atoms with E-state index in [4.69, 9.17) is 20.8 Å². The molecule has 0 aromatic heterocycles. The Morgan fingerprint density at radius 3 is 2.26 bits per heavy atom. The first-order valence-electron chi connectivity index (χ1n) is 12.0. The molecular weight excluding hydrogens is 520 g/mol. The number of ether oxygens (including phenoxy) is 1. The summed E-state index contributed by atoms with van der Waals surface area (Å²) in [7, 11) is -3.66. The maximum atomic E-state index is 12.5. The fraction of sp³-hybridized carbons (Fsp3) is 0.222. The van der Waals surface area contributed by atoms with Gasteiger partial charge in [-0.2, -0.15) is 13.4 Å². The summed E-state index contributed by atoms with van der Waals surface area (Å²) in [6, 6.07) is 24.2. The molecule has 6 N–H and O–H groups in total. The number of rotatable bonds is 7. The van der Waals surface area contributed by atoms with E-state index in [0.29, 0.717) is 17.9 Å². The largest absolute Gasteiger partial charge is 0.489 e. The van der Waals surface area contributed by atoms with Crippen LogP contribution in [0.2, 0.25) is 0 Å². The number of anilines is 2. The Labute approximate surface area is 228 Å². The molecule has 0 aliphatic carbocycles. The lowest BCUT2D eigenvalue weighted by Gasteiger charge is -2.38. The third kappa shape index (κ3) is 8.55. The maximum Gasteiger partial charge on any atom is 0.264 e. The molecule has 206 valence electrons. The van der Waals surface area contributed by atoms with Crippen LogP contribution in [0.5, 0.6) is 5.75 Å². The summed E-state index contributed by atoms with van der Waals surface area (Å²) in [4.78, 5) is 22.8. The number of nitrogens with zero attached hydrogens (tertiary/aromatic N) is 3. The summed E-state index contributed by atoms with van der Waals surface area (Å²) in [5.41, 5.74) is 14.2. The number of amides is 1. The van der Waals surface area contributed by atoms with E-state index in [-0.39, 0.29) is 23.6 Å². The molecule has 1 amide bonds. The third-order valence-corrected chi connectivity index (χ3v) is 6.21. The molecular formula is C27H32N6O5S. The molecule has 1 aliphatic heterocycles. The second-order valence-corrected chi connectivity index (χ2v) is 10.7. The van der Waals surface area contributed by atoms with Gasteiger partial charge in [-0.3, -0.25) is 14.2 Å². The first-order valence-corrected chi connectivity index (χ1v) is 13.6. The second kappa shape index (κ2) is 12.4. The summed E-state index contributed by atoms with van der Waals surface area (Å²) >= 11 is 0. The van der Waals surface area contributed by atoms with Crippen LogP contribution in [0.3, 0.4) is 0 Å². The average molecular weight is 553 g/mol. The minimum atomic E-state index is -3.66. The molecule has 11 nitrogen and oxygen atoms in total. The van der Waals surface area contributed by atoms with E-state index in [0.717, 1.165) is 16.9 Å². The Hall–Kier alpha value is -4.42. The number of carbonyl (C=O) groups is 1. The Bertz CT molecular complexity index is 1460. The predicted octanol–water partition coefficient (Wildman–Crippen LogP) is 3.60. The number of nitrogens with one attached hydrogen (secondary N) is 1. The van der Waals surface area contributed by atoms with Crippen LogP contribution in [0.25, 0.3) is 0 Å². The van der Waals surface area contributed by atoms with Crippen LogP contribution < -0.4 is 26.4 Å². The van der Waals surface area contributed by atoms with Gasteiger partial charge >= 0.3 is 0 Å². The van der Waals surface area contributed by atoms with Crippen LogP contribution >= 0.6 is 0 Å². The molecule has 0 atom stereocenters. The standard InChI is InChI=1S/C25H26N6O2.C2H6O3S/c1-25(2)30-23(26)29-24(27)31(25)20-11-13-21(14-12-20)33-16-17-7-6-8-18(15-17)22(32)28-19-9-4-3-5-10-19;1-2-6(3,4)5/h3-15H,16H2,1-2H3,(H,28,32)(H4,26,27,29,30);2H2,1H3,(H,3,4,5). The molecule has 0 spiro atoms. The van der Waals surface area contributed by atoms with Crippen LogP contribution in [0.1, 0.15) is 36.7 Å². The number of guanidine groups is 2. The zero-order chi connectivity index (χ0) is 28.6. The third-order valence-electron chi connectivity index (χ3n) is 5.48. The lowest BCUT2D eigenvalue weighted by atomic mass is 10.1. The van der Waals surface area contributed by atoms with Crippen LogP contribution in [-0.4, -0.2) is 42.2 Å². The minimum absolute atomic E-state index is 0.161. The topological polar surface area (TPSA) is 173 Å². The van der Waals surface area contributed by atoms with Crippen molar-refractivity contribution in [2.75, 3.05) is 16.0 Å². The molecule has 1 aliphatic rings. The van der Waals surface area contributed by atoms with Gasteiger partial charge in [0.1, 0.15) is 18.0 Å².